The number of thioether (sulfide) groups is 1. The van der Waals surface area contributed by atoms with Crippen molar-refractivity contribution in [2.45, 2.75) is 25.7 Å². The smallest absolute Gasteiger partial charge is 0.256 e. The van der Waals surface area contributed by atoms with Crippen molar-refractivity contribution in [3.63, 3.8) is 0 Å². The molecule has 3 aromatic rings. The number of aryl methyl sites for hydroxylation is 3. The summed E-state index contributed by atoms with van der Waals surface area (Å²) >= 11 is 1.35. The van der Waals surface area contributed by atoms with Crippen LogP contribution in [0.1, 0.15) is 27.0 Å². The number of anilines is 2. The molecule has 0 heterocycles. The molecule has 2 N–H and O–H groups in total. The van der Waals surface area contributed by atoms with Gasteiger partial charge in [0, 0.05) is 16.3 Å². The zero-order valence-electron chi connectivity index (χ0n) is 16.8. The molecule has 4 nitrogen and oxygen atoms in total. The summed E-state index contributed by atoms with van der Waals surface area (Å²) in [5.74, 6) is -0.0673. The molecule has 0 bridgehead atoms. The van der Waals surface area contributed by atoms with Crippen molar-refractivity contribution in [2.24, 2.45) is 0 Å². The van der Waals surface area contributed by atoms with Crippen LogP contribution in [0.5, 0.6) is 0 Å². The predicted octanol–water partition coefficient (Wildman–Crippen LogP) is 5.59. The van der Waals surface area contributed by atoms with Crippen molar-refractivity contribution in [3.05, 3.63) is 89.0 Å². The Morgan fingerprint density at radius 1 is 0.759 bits per heavy atom. The number of rotatable bonds is 6. The van der Waals surface area contributed by atoms with Crippen molar-refractivity contribution in [1.82, 2.24) is 0 Å². The molecule has 0 radical (unpaired) electrons. The van der Waals surface area contributed by atoms with E-state index in [1.165, 1.54) is 11.8 Å². The number of carbonyl (C=O) groups excluding carboxylic acids is 2. The lowest BCUT2D eigenvalue weighted by molar-refractivity contribution is -0.113. The third-order valence-corrected chi connectivity index (χ3v) is 5.38. The first-order valence-corrected chi connectivity index (χ1v) is 10.4. The van der Waals surface area contributed by atoms with Gasteiger partial charge in [0.2, 0.25) is 5.91 Å². The van der Waals surface area contributed by atoms with E-state index >= 15 is 0 Å². The van der Waals surface area contributed by atoms with Gasteiger partial charge in [0.05, 0.1) is 11.3 Å². The lowest BCUT2D eigenvalue weighted by atomic mass is 10.1. The first-order chi connectivity index (χ1) is 13.9. The average Bonchev–Trinajstić information content (AvgIpc) is 2.67. The van der Waals surface area contributed by atoms with Crippen LogP contribution in [0.3, 0.4) is 0 Å². The van der Waals surface area contributed by atoms with E-state index < -0.39 is 0 Å². The van der Waals surface area contributed by atoms with Gasteiger partial charge in [0.15, 0.2) is 0 Å². The molecule has 0 aromatic heterocycles. The van der Waals surface area contributed by atoms with Crippen LogP contribution in [0.4, 0.5) is 11.4 Å². The topological polar surface area (TPSA) is 58.2 Å². The molecule has 0 atom stereocenters. The first kappa shape index (κ1) is 20.7. The summed E-state index contributed by atoms with van der Waals surface area (Å²) in [7, 11) is 0. The van der Waals surface area contributed by atoms with Crippen LogP contribution in [0.15, 0.2) is 71.6 Å². The highest BCUT2D eigenvalue weighted by atomic mass is 32.2. The molecule has 148 valence electrons. The van der Waals surface area contributed by atoms with E-state index in [-0.39, 0.29) is 17.6 Å². The number of nitrogens with one attached hydrogen (secondary N) is 2. The summed E-state index contributed by atoms with van der Waals surface area (Å²) in [6, 6.07) is 20.9. The van der Waals surface area contributed by atoms with Crippen molar-refractivity contribution in [2.75, 3.05) is 16.4 Å². The van der Waals surface area contributed by atoms with Gasteiger partial charge in [-0.05, 0) is 68.3 Å². The Hall–Kier alpha value is -3.05. The minimum atomic E-state index is -0.183. The SMILES string of the molecule is Cc1ccc(NC(=O)CSc2ccccc2C(=O)Nc2cc(C)cc(C)c2)cc1. The Balaban J connectivity index is 1.65. The monoisotopic (exact) mass is 404 g/mol. The Morgan fingerprint density at radius 2 is 1.41 bits per heavy atom. The van der Waals surface area contributed by atoms with Gasteiger partial charge in [-0.25, -0.2) is 0 Å². The summed E-state index contributed by atoms with van der Waals surface area (Å²) in [5, 5.41) is 5.84. The minimum absolute atomic E-state index is 0.108. The molecular weight excluding hydrogens is 380 g/mol. The number of hydrogen-bond acceptors (Lipinski definition) is 3. The molecule has 0 aliphatic heterocycles. The summed E-state index contributed by atoms with van der Waals surface area (Å²) in [6.07, 6.45) is 0. The normalized spacial score (nSPS) is 10.4. The zero-order chi connectivity index (χ0) is 20.8. The summed E-state index contributed by atoms with van der Waals surface area (Å²) < 4.78 is 0. The second-order valence-electron chi connectivity index (χ2n) is 7.03. The van der Waals surface area contributed by atoms with Crippen molar-refractivity contribution in [1.29, 1.82) is 0 Å². The molecule has 29 heavy (non-hydrogen) atoms. The van der Waals surface area contributed by atoms with Crippen molar-refractivity contribution < 1.29 is 9.59 Å². The third-order valence-electron chi connectivity index (χ3n) is 4.31. The molecule has 3 rings (SSSR count). The second kappa shape index (κ2) is 9.43. The highest BCUT2D eigenvalue weighted by Crippen LogP contribution is 2.24. The van der Waals surface area contributed by atoms with E-state index in [0.717, 1.165) is 33.0 Å². The number of carbonyl (C=O) groups is 2. The van der Waals surface area contributed by atoms with E-state index in [1.54, 1.807) is 6.07 Å². The molecular formula is C24H24N2O2S. The quantitative estimate of drug-likeness (QED) is 0.526. The van der Waals surface area contributed by atoms with Gasteiger partial charge in [-0.15, -0.1) is 11.8 Å². The van der Waals surface area contributed by atoms with E-state index in [0.29, 0.717) is 5.56 Å². The molecule has 5 heteroatoms. The Bertz CT molecular complexity index is 1010. The fraction of sp³-hybridized carbons (Fsp3) is 0.167. The molecule has 0 spiro atoms. The highest BCUT2D eigenvalue weighted by molar-refractivity contribution is 8.00. The largest absolute Gasteiger partial charge is 0.325 e. The molecule has 2 amide bonds. The number of amides is 2. The lowest BCUT2D eigenvalue weighted by Crippen LogP contribution is -2.16. The summed E-state index contributed by atoms with van der Waals surface area (Å²) in [6.45, 7) is 6.00. The standard InChI is InChI=1S/C24H24N2O2S/c1-16-8-10-19(11-9-16)25-23(27)15-29-22-7-5-4-6-21(22)24(28)26-20-13-17(2)12-18(3)14-20/h4-14H,15H2,1-3H3,(H,25,27)(H,26,28). The van der Waals surface area contributed by atoms with E-state index in [9.17, 15) is 9.59 Å². The molecule has 0 saturated heterocycles. The first-order valence-electron chi connectivity index (χ1n) is 9.39. The fourth-order valence-corrected chi connectivity index (χ4v) is 3.85. The van der Waals surface area contributed by atoms with Crippen molar-refractivity contribution >= 4 is 35.0 Å². The van der Waals surface area contributed by atoms with E-state index in [4.69, 9.17) is 0 Å². The van der Waals surface area contributed by atoms with Gasteiger partial charge in [0.25, 0.3) is 5.91 Å². The van der Waals surface area contributed by atoms with Gasteiger partial charge in [-0.2, -0.15) is 0 Å². The van der Waals surface area contributed by atoms with Gasteiger partial charge >= 0.3 is 0 Å². The van der Waals surface area contributed by atoms with Gasteiger partial charge < -0.3 is 10.6 Å². The molecule has 0 aliphatic rings. The maximum Gasteiger partial charge on any atom is 0.256 e. The lowest BCUT2D eigenvalue weighted by Gasteiger charge is -2.11. The maximum absolute atomic E-state index is 12.8. The van der Waals surface area contributed by atoms with E-state index in [1.807, 2.05) is 75.4 Å². The van der Waals surface area contributed by atoms with Crippen molar-refractivity contribution in [3.8, 4) is 0 Å². The Labute approximate surface area is 175 Å². The van der Waals surface area contributed by atoms with Crippen LogP contribution in [-0.2, 0) is 4.79 Å². The van der Waals surface area contributed by atoms with Gasteiger partial charge in [0.1, 0.15) is 0 Å². The summed E-state index contributed by atoms with van der Waals surface area (Å²) in [4.78, 5) is 25.9. The van der Waals surface area contributed by atoms with Crippen LogP contribution in [0.2, 0.25) is 0 Å². The van der Waals surface area contributed by atoms with Crippen LogP contribution in [0.25, 0.3) is 0 Å². The zero-order valence-corrected chi connectivity index (χ0v) is 17.6. The van der Waals surface area contributed by atoms with Crippen LogP contribution in [0, 0.1) is 20.8 Å². The molecule has 0 fully saturated rings. The third kappa shape index (κ3) is 5.96. The molecule has 0 unspecified atom stereocenters. The van der Waals surface area contributed by atoms with Crippen LogP contribution < -0.4 is 10.6 Å². The van der Waals surface area contributed by atoms with Gasteiger partial charge in [-0.1, -0.05) is 35.9 Å². The van der Waals surface area contributed by atoms with Gasteiger partial charge in [-0.3, -0.25) is 9.59 Å². The predicted molar refractivity (Wildman–Crippen MR) is 121 cm³/mol. The van der Waals surface area contributed by atoms with Crippen LogP contribution in [-0.4, -0.2) is 17.6 Å². The highest BCUT2D eigenvalue weighted by Gasteiger charge is 2.13. The average molecular weight is 405 g/mol. The number of hydrogen-bond donors (Lipinski definition) is 2. The molecule has 3 aromatic carbocycles. The minimum Gasteiger partial charge on any atom is -0.325 e. The summed E-state index contributed by atoms with van der Waals surface area (Å²) in [5.41, 5.74) is 5.42. The Kier molecular flexibility index (Phi) is 6.73. The molecule has 0 aliphatic carbocycles. The second-order valence-corrected chi connectivity index (χ2v) is 8.05. The number of benzene rings is 3. The fourth-order valence-electron chi connectivity index (χ4n) is 3.00. The van der Waals surface area contributed by atoms with Crippen LogP contribution >= 0.6 is 11.8 Å². The Morgan fingerprint density at radius 3 is 2.10 bits per heavy atom. The van der Waals surface area contributed by atoms with E-state index in [2.05, 4.69) is 16.7 Å². The molecule has 0 saturated carbocycles. The maximum atomic E-state index is 12.8.